The number of aliphatic hydroxyl groups excluding tert-OH is 1. The van der Waals surface area contributed by atoms with E-state index in [2.05, 4.69) is 5.32 Å². The van der Waals surface area contributed by atoms with Gasteiger partial charge in [0, 0.05) is 11.5 Å². The van der Waals surface area contributed by atoms with Crippen molar-refractivity contribution in [3.63, 3.8) is 0 Å². The highest BCUT2D eigenvalue weighted by Gasteiger charge is 2.48. The molecule has 0 heterocycles. The Balaban J connectivity index is 2.45. The molecule has 0 aromatic rings. The minimum atomic E-state index is -0.506. The van der Waals surface area contributed by atoms with Crippen LogP contribution < -0.4 is 5.32 Å². The van der Waals surface area contributed by atoms with E-state index < -0.39 is 5.38 Å². The lowest BCUT2D eigenvalue weighted by molar-refractivity contribution is -0.128. The van der Waals surface area contributed by atoms with Crippen molar-refractivity contribution in [2.45, 2.75) is 44.7 Å². The molecule has 1 saturated carbocycles. The molecule has 3 nitrogen and oxygen atoms in total. The third-order valence-corrected chi connectivity index (χ3v) is 3.09. The molecule has 1 fully saturated rings. The summed E-state index contributed by atoms with van der Waals surface area (Å²) in [7, 11) is 0. The van der Waals surface area contributed by atoms with Crippen LogP contribution in [0.15, 0.2) is 0 Å². The number of nitrogens with one attached hydrogen (secondary N) is 1. The molecule has 0 bridgehead atoms. The Morgan fingerprint density at radius 1 is 1.69 bits per heavy atom. The molecule has 3 atom stereocenters. The van der Waals surface area contributed by atoms with Gasteiger partial charge in [0.05, 0.1) is 6.10 Å². The predicted octanol–water partition coefficient (Wildman–Crippen LogP) is 0.889. The van der Waals surface area contributed by atoms with E-state index in [0.29, 0.717) is 6.42 Å². The van der Waals surface area contributed by atoms with E-state index in [1.54, 1.807) is 6.92 Å². The van der Waals surface area contributed by atoms with Crippen molar-refractivity contribution < 1.29 is 9.90 Å². The van der Waals surface area contributed by atoms with E-state index in [1.807, 2.05) is 13.8 Å². The van der Waals surface area contributed by atoms with E-state index in [9.17, 15) is 9.90 Å². The van der Waals surface area contributed by atoms with Gasteiger partial charge in [0.2, 0.25) is 5.91 Å². The van der Waals surface area contributed by atoms with Crippen LogP contribution in [0.3, 0.4) is 0 Å². The van der Waals surface area contributed by atoms with Crippen LogP contribution in [-0.4, -0.2) is 28.5 Å². The van der Waals surface area contributed by atoms with E-state index in [4.69, 9.17) is 11.6 Å². The Labute approximate surface area is 83.5 Å². The second kappa shape index (κ2) is 3.46. The molecule has 1 aliphatic carbocycles. The first-order chi connectivity index (χ1) is 5.85. The van der Waals surface area contributed by atoms with Crippen LogP contribution in [0, 0.1) is 5.41 Å². The van der Waals surface area contributed by atoms with Crippen molar-refractivity contribution in [2.24, 2.45) is 5.41 Å². The van der Waals surface area contributed by atoms with E-state index in [-0.39, 0.29) is 23.5 Å². The van der Waals surface area contributed by atoms with Gasteiger partial charge in [-0.25, -0.2) is 0 Å². The maximum absolute atomic E-state index is 11.2. The first-order valence-electron chi connectivity index (χ1n) is 4.48. The van der Waals surface area contributed by atoms with E-state index in [0.717, 1.165) is 0 Å². The maximum atomic E-state index is 11.2. The van der Waals surface area contributed by atoms with Gasteiger partial charge in [-0.2, -0.15) is 0 Å². The van der Waals surface area contributed by atoms with Crippen LogP contribution in [0.25, 0.3) is 0 Å². The van der Waals surface area contributed by atoms with Gasteiger partial charge in [-0.15, -0.1) is 11.6 Å². The smallest absolute Gasteiger partial charge is 0.238 e. The van der Waals surface area contributed by atoms with Crippen LogP contribution in [0.4, 0.5) is 0 Å². The van der Waals surface area contributed by atoms with Gasteiger partial charge in [0.15, 0.2) is 0 Å². The summed E-state index contributed by atoms with van der Waals surface area (Å²) < 4.78 is 0. The predicted molar refractivity (Wildman–Crippen MR) is 51.7 cm³/mol. The molecule has 3 unspecified atom stereocenters. The monoisotopic (exact) mass is 205 g/mol. The summed E-state index contributed by atoms with van der Waals surface area (Å²) in [6, 6.07) is 0.0520. The minimum Gasteiger partial charge on any atom is -0.392 e. The Morgan fingerprint density at radius 3 is 2.54 bits per heavy atom. The highest BCUT2D eigenvalue weighted by molar-refractivity contribution is 6.30. The van der Waals surface area contributed by atoms with E-state index in [1.165, 1.54) is 0 Å². The molecule has 0 spiro atoms. The van der Waals surface area contributed by atoms with Crippen molar-refractivity contribution >= 4 is 17.5 Å². The lowest BCUT2D eigenvalue weighted by Crippen LogP contribution is -2.61. The fourth-order valence-corrected chi connectivity index (χ4v) is 1.50. The molecule has 0 radical (unpaired) electrons. The summed E-state index contributed by atoms with van der Waals surface area (Å²) in [4.78, 5) is 11.2. The lowest BCUT2D eigenvalue weighted by atomic mass is 9.64. The third kappa shape index (κ3) is 1.97. The van der Waals surface area contributed by atoms with Crippen LogP contribution >= 0.6 is 11.6 Å². The number of alkyl halides is 1. The van der Waals surface area contributed by atoms with Crippen LogP contribution in [-0.2, 0) is 4.79 Å². The number of carbonyl (C=O) groups excluding carboxylic acids is 1. The van der Waals surface area contributed by atoms with Gasteiger partial charge < -0.3 is 10.4 Å². The minimum absolute atomic E-state index is 0.0520. The Bertz CT molecular complexity index is 216. The second-order valence-electron chi connectivity index (χ2n) is 4.25. The molecule has 0 aromatic heterocycles. The molecule has 1 aliphatic rings. The fourth-order valence-electron chi connectivity index (χ4n) is 1.43. The average Bonchev–Trinajstić information content (AvgIpc) is 2.03. The van der Waals surface area contributed by atoms with Gasteiger partial charge in [-0.05, 0) is 13.3 Å². The van der Waals surface area contributed by atoms with Gasteiger partial charge >= 0.3 is 0 Å². The number of rotatable bonds is 2. The number of hydrogen-bond acceptors (Lipinski definition) is 2. The zero-order valence-corrected chi connectivity index (χ0v) is 8.93. The van der Waals surface area contributed by atoms with Gasteiger partial charge in [-0.3, -0.25) is 4.79 Å². The third-order valence-electron chi connectivity index (χ3n) is 2.89. The molecule has 13 heavy (non-hydrogen) atoms. The standard InChI is InChI=1S/C9H16ClNO2/c1-5(10)8(13)11-6-4-7(12)9(6,2)3/h5-7,12H,4H2,1-3H3,(H,11,13). The van der Waals surface area contributed by atoms with Gasteiger partial charge in [0.25, 0.3) is 0 Å². The van der Waals surface area contributed by atoms with Crippen molar-refractivity contribution in [3.05, 3.63) is 0 Å². The van der Waals surface area contributed by atoms with Crippen molar-refractivity contribution in [1.82, 2.24) is 5.32 Å². The molecule has 0 saturated heterocycles. The first-order valence-corrected chi connectivity index (χ1v) is 4.92. The lowest BCUT2D eigenvalue weighted by Gasteiger charge is -2.49. The number of aliphatic hydroxyl groups is 1. The normalized spacial score (nSPS) is 33.3. The largest absolute Gasteiger partial charge is 0.392 e. The zero-order valence-electron chi connectivity index (χ0n) is 8.17. The molecular weight excluding hydrogens is 190 g/mol. The highest BCUT2D eigenvalue weighted by atomic mass is 35.5. The number of amides is 1. The molecule has 1 amide bonds. The molecule has 0 aromatic carbocycles. The molecule has 1 rings (SSSR count). The van der Waals surface area contributed by atoms with Crippen LogP contribution in [0.5, 0.6) is 0 Å². The van der Waals surface area contributed by atoms with Gasteiger partial charge in [0.1, 0.15) is 5.38 Å². The average molecular weight is 206 g/mol. The second-order valence-corrected chi connectivity index (χ2v) is 4.90. The van der Waals surface area contributed by atoms with Crippen LogP contribution in [0.1, 0.15) is 27.2 Å². The Hall–Kier alpha value is -0.280. The quantitative estimate of drug-likeness (QED) is 0.658. The molecular formula is C9H16ClNO2. The summed E-state index contributed by atoms with van der Waals surface area (Å²) in [6.07, 6.45) is 0.311. The zero-order chi connectivity index (χ0) is 10.2. The fraction of sp³-hybridized carbons (Fsp3) is 0.889. The SMILES string of the molecule is CC(Cl)C(=O)NC1CC(O)C1(C)C. The number of carbonyl (C=O) groups is 1. The summed E-state index contributed by atoms with van der Waals surface area (Å²) >= 11 is 5.61. The highest BCUT2D eigenvalue weighted by Crippen LogP contribution is 2.40. The van der Waals surface area contributed by atoms with Crippen molar-refractivity contribution in [1.29, 1.82) is 0 Å². The maximum Gasteiger partial charge on any atom is 0.238 e. The summed E-state index contributed by atoms with van der Waals surface area (Å²) in [6.45, 7) is 5.51. The van der Waals surface area contributed by atoms with Crippen molar-refractivity contribution in [3.8, 4) is 0 Å². The Kier molecular flexibility index (Phi) is 2.88. The summed E-state index contributed by atoms with van der Waals surface area (Å²) in [5.74, 6) is -0.161. The number of hydrogen-bond donors (Lipinski definition) is 2. The van der Waals surface area contributed by atoms with Gasteiger partial charge in [-0.1, -0.05) is 13.8 Å². The Morgan fingerprint density at radius 2 is 2.23 bits per heavy atom. The van der Waals surface area contributed by atoms with E-state index >= 15 is 0 Å². The van der Waals surface area contributed by atoms with Crippen molar-refractivity contribution in [2.75, 3.05) is 0 Å². The first kappa shape index (κ1) is 10.8. The molecule has 0 aliphatic heterocycles. The summed E-state index contributed by atoms with van der Waals surface area (Å²) in [5.41, 5.74) is -0.221. The molecule has 76 valence electrons. The molecule has 4 heteroatoms. The topological polar surface area (TPSA) is 49.3 Å². The van der Waals surface area contributed by atoms with Crippen LogP contribution in [0.2, 0.25) is 0 Å². The number of halogens is 1. The summed E-state index contributed by atoms with van der Waals surface area (Å²) in [5, 5.41) is 11.7. The molecule has 2 N–H and O–H groups in total.